The summed E-state index contributed by atoms with van der Waals surface area (Å²) in [5, 5.41) is 31.7. The number of halogens is 4. The number of carboxylic acids is 1. The van der Waals surface area contributed by atoms with E-state index in [9.17, 15) is 19.5 Å². The maximum atomic E-state index is 13.3. The van der Waals surface area contributed by atoms with Gasteiger partial charge in [-0.3, -0.25) is 15.0 Å². The molecule has 3 aromatic heterocycles. The molecule has 0 amide bonds. The molecular formula is C88H85BBrCl3N6O11S3. The first-order valence-electron chi connectivity index (χ1n) is 36.8. The zero-order valence-corrected chi connectivity index (χ0v) is 71.3. The fourth-order valence-electron chi connectivity index (χ4n) is 13.6. The lowest BCUT2D eigenvalue weighted by molar-refractivity contribution is -0.167. The van der Waals surface area contributed by atoms with Crippen LogP contribution in [0.3, 0.4) is 0 Å². The van der Waals surface area contributed by atoms with E-state index in [1.165, 1.54) is 22.5 Å². The van der Waals surface area contributed by atoms with Gasteiger partial charge in [0.2, 0.25) is 0 Å². The number of carbonyl (C=O) groups is 3. The van der Waals surface area contributed by atoms with Crippen LogP contribution in [0.2, 0.25) is 15.1 Å². The Morgan fingerprint density at radius 1 is 0.451 bits per heavy atom. The van der Waals surface area contributed by atoms with E-state index in [2.05, 4.69) is 54.1 Å². The van der Waals surface area contributed by atoms with E-state index >= 15 is 0 Å². The SMILES string of the molecule is CCOC(=O)[C@@H](OC(C)(C)C)c1c(C)cc2nc(-c3ccc4c(c3)CC=N4)sc2c1-c1ccc(Cl)cc1.CCOC(=O)[C@@H](OC(C)(C)C)c1c(C)cc2nc(Br)sc2c1-c1ccc(Cl)cc1.Cc1cc2nc(-c3ccc4c(c3)CC=N4)sc2c(-c2ccc(Cl)cc2)c1[C@H](OC(C)(C)C)C(=O)O.OB(O)c1ccc2c(c1)CC=N2. The van der Waals surface area contributed by atoms with E-state index in [0.29, 0.717) is 26.1 Å². The molecule has 3 aliphatic rings. The van der Waals surface area contributed by atoms with Gasteiger partial charge in [-0.2, -0.15) is 0 Å². The number of carboxylic acid groups (broad SMARTS) is 1. The Labute approximate surface area is 693 Å². The third kappa shape index (κ3) is 19.8. The highest BCUT2D eigenvalue weighted by Crippen LogP contribution is 2.49. The predicted molar refractivity (Wildman–Crippen MR) is 466 cm³/mol. The summed E-state index contributed by atoms with van der Waals surface area (Å²) in [4.78, 5) is 66.2. The maximum absolute atomic E-state index is 13.3. The van der Waals surface area contributed by atoms with Crippen LogP contribution in [0.15, 0.2) is 164 Å². The standard InChI is InChI=1S/C30H29ClN2O3S.C28H25ClN2O3S.C22H23BrClNO3S.C8H8BNO2/c1-6-35-29(34)26(36-30(3,4)5)24-17(2)15-23-27(25(24)18-7-10-21(31)11-8-18)37-28(33-23)20-9-12-22-19(16-20)13-14-32-22;1-15-13-21-25(35-26(31-21)18-7-10-20-17(14-18)11-12-30-20)23(16-5-8-19(29)9-6-16)22(15)24(27(32)33)34-28(2,3)4;1-6-27-20(26)18(28-22(3,4)5)16-12(2)11-15-19(29-21(23)25-15)17(16)13-7-9-14(24)10-8-13;11-9(12)7-1-2-8-6(5-7)3-4-10-8/h7-12,14-16,26H,6,13H2,1-5H3;5-10,12-14,24H,11H2,1-4H3,(H,32,33);7-11,18H,6H2,1-5H3;1-2,4-5,11-12H,3H2/t26-;24-;18-;/m000./s1. The first-order valence-corrected chi connectivity index (χ1v) is 41.2. The van der Waals surface area contributed by atoms with Crippen molar-refractivity contribution < 1.29 is 53.2 Å². The van der Waals surface area contributed by atoms with E-state index < -0.39 is 60.1 Å². The van der Waals surface area contributed by atoms with Crippen LogP contribution in [-0.4, -0.2) is 104 Å². The number of aliphatic carboxylic acids is 1. The van der Waals surface area contributed by atoms with Crippen molar-refractivity contribution in [3.63, 3.8) is 0 Å². The molecule has 3 aliphatic heterocycles. The van der Waals surface area contributed by atoms with Crippen molar-refractivity contribution in [3.8, 4) is 54.5 Å². The number of fused-ring (bicyclic) bond motifs is 6. The molecule has 0 radical (unpaired) electrons. The zero-order valence-electron chi connectivity index (χ0n) is 65.0. The average molecular weight is 1700 g/mol. The number of aromatic nitrogens is 3. The minimum Gasteiger partial charge on any atom is -0.479 e. The Morgan fingerprint density at radius 2 is 0.770 bits per heavy atom. The Morgan fingerprint density at radius 3 is 1.12 bits per heavy atom. The van der Waals surface area contributed by atoms with Crippen molar-refractivity contribution in [2.24, 2.45) is 15.0 Å². The van der Waals surface area contributed by atoms with Gasteiger partial charge in [-0.15, -0.1) is 34.0 Å². The van der Waals surface area contributed by atoms with Gasteiger partial charge in [-0.05, 0) is 265 Å². The number of carbonyl (C=O) groups excluding carboxylic acids is 2. The summed E-state index contributed by atoms with van der Waals surface area (Å²) in [6, 6.07) is 46.5. The van der Waals surface area contributed by atoms with E-state index in [1.54, 1.807) is 54.7 Å². The predicted octanol–water partition coefficient (Wildman–Crippen LogP) is 22.8. The van der Waals surface area contributed by atoms with Crippen molar-refractivity contribution in [1.82, 2.24) is 15.0 Å². The number of aryl methyl sites for hydroxylation is 3. The molecule has 0 spiro atoms. The van der Waals surface area contributed by atoms with Gasteiger partial charge in [0.15, 0.2) is 22.2 Å². The van der Waals surface area contributed by atoms with Crippen LogP contribution in [0.5, 0.6) is 0 Å². The molecule has 6 heterocycles. The molecule has 9 aromatic carbocycles. The van der Waals surface area contributed by atoms with Crippen LogP contribution < -0.4 is 5.46 Å². The molecule has 12 aromatic rings. The number of nitrogens with zero attached hydrogens (tertiary/aromatic N) is 6. The number of rotatable bonds is 17. The van der Waals surface area contributed by atoms with Gasteiger partial charge < -0.3 is 38.8 Å². The minimum atomic E-state index is -1.38. The number of benzene rings is 9. The summed E-state index contributed by atoms with van der Waals surface area (Å²) in [6.45, 7) is 27.2. The van der Waals surface area contributed by atoms with Crippen molar-refractivity contribution in [3.05, 3.63) is 215 Å². The lowest BCUT2D eigenvalue weighted by atomic mass is 9.79. The van der Waals surface area contributed by atoms with Crippen LogP contribution in [0.25, 0.3) is 85.2 Å². The largest absolute Gasteiger partial charge is 0.488 e. The molecule has 0 saturated carbocycles. The monoisotopic (exact) mass is 1690 g/mol. The van der Waals surface area contributed by atoms with E-state index in [1.807, 2.05) is 211 Å². The van der Waals surface area contributed by atoms with Gasteiger partial charge in [0.25, 0.3) is 0 Å². The summed E-state index contributed by atoms with van der Waals surface area (Å²) in [5.74, 6) is -1.83. The molecule has 3 atom stereocenters. The number of hydrogen-bond donors (Lipinski definition) is 3. The molecule has 582 valence electrons. The molecule has 0 aliphatic carbocycles. The fourth-order valence-corrected chi connectivity index (χ4v) is 17.7. The Balaban J connectivity index is 0.000000147. The van der Waals surface area contributed by atoms with Gasteiger partial charge in [-0.25, -0.2) is 29.3 Å². The highest BCUT2D eigenvalue weighted by Gasteiger charge is 2.37. The van der Waals surface area contributed by atoms with Crippen molar-refractivity contribution >= 4 is 182 Å². The lowest BCUT2D eigenvalue weighted by Gasteiger charge is -2.29. The third-order valence-corrected chi connectivity index (χ3v) is 22.8. The minimum absolute atomic E-state index is 0.271. The normalized spacial score (nSPS) is 13.5. The molecule has 15 rings (SSSR count). The van der Waals surface area contributed by atoms with Gasteiger partial charge in [0.05, 0.1) is 77.7 Å². The number of ether oxygens (including phenoxy) is 5. The van der Waals surface area contributed by atoms with Gasteiger partial charge >= 0.3 is 25.0 Å². The van der Waals surface area contributed by atoms with Crippen LogP contribution in [-0.2, 0) is 57.3 Å². The Bertz CT molecular complexity index is 5690. The van der Waals surface area contributed by atoms with Crippen LogP contribution in [0, 0.1) is 20.8 Å². The summed E-state index contributed by atoms with van der Waals surface area (Å²) < 4.78 is 33.2. The smallest absolute Gasteiger partial charge is 0.479 e. The maximum Gasteiger partial charge on any atom is 0.488 e. The second-order valence-corrected chi connectivity index (χ2v) is 35.8. The average Bonchev–Trinajstić information content (AvgIpc) is 1.67. The summed E-state index contributed by atoms with van der Waals surface area (Å²) in [5.41, 5.74) is 20.1. The first-order chi connectivity index (χ1) is 53.6. The summed E-state index contributed by atoms with van der Waals surface area (Å²) in [7, 11) is -1.38. The van der Waals surface area contributed by atoms with Crippen molar-refractivity contribution in [2.75, 3.05) is 13.2 Å². The molecule has 0 saturated heterocycles. The molecular weight excluding hydrogens is 1610 g/mol. The Hall–Kier alpha value is -8.72. The molecule has 0 fully saturated rings. The van der Waals surface area contributed by atoms with Gasteiger partial charge in [-0.1, -0.05) is 83.3 Å². The van der Waals surface area contributed by atoms with E-state index in [-0.39, 0.29) is 13.2 Å². The van der Waals surface area contributed by atoms with E-state index in [0.717, 1.165) is 159 Å². The topological polar surface area (TPSA) is 234 Å². The van der Waals surface area contributed by atoms with Gasteiger partial charge in [0, 0.05) is 97.5 Å². The fraction of sp³-hybridized carbons (Fsp3) is 0.284. The molecule has 0 unspecified atom stereocenters. The molecule has 17 nitrogen and oxygen atoms in total. The molecule has 0 bridgehead atoms. The number of thiazole rings is 3. The second kappa shape index (κ2) is 35.2. The lowest BCUT2D eigenvalue weighted by Crippen LogP contribution is -2.29. The van der Waals surface area contributed by atoms with Crippen LogP contribution >= 0.6 is 84.7 Å². The number of hydrogen-bond acceptors (Lipinski definition) is 19. The van der Waals surface area contributed by atoms with Gasteiger partial charge in [0.1, 0.15) is 10.0 Å². The molecule has 113 heavy (non-hydrogen) atoms. The number of esters is 2. The first kappa shape index (κ1) is 83.7. The second-order valence-electron chi connectivity index (χ2n) is 30.2. The zero-order chi connectivity index (χ0) is 81.1. The molecule has 25 heteroatoms. The summed E-state index contributed by atoms with van der Waals surface area (Å²) >= 11 is 26.7. The summed E-state index contributed by atoms with van der Waals surface area (Å²) in [6.07, 6.45) is 5.23. The Kier molecular flexibility index (Phi) is 26.1. The van der Waals surface area contributed by atoms with Crippen LogP contribution in [0.4, 0.5) is 17.1 Å². The third-order valence-electron chi connectivity index (χ3n) is 18.3. The molecule has 3 N–H and O–H groups in total. The van der Waals surface area contributed by atoms with Crippen molar-refractivity contribution in [1.29, 1.82) is 0 Å². The number of aliphatic imine (C=N–C) groups is 3. The highest BCUT2D eigenvalue weighted by molar-refractivity contribution is 9.11. The van der Waals surface area contributed by atoms with E-state index in [4.69, 9.17) is 78.5 Å². The highest BCUT2D eigenvalue weighted by atomic mass is 79.9. The quantitative estimate of drug-likeness (QED) is 0.0568. The van der Waals surface area contributed by atoms with Crippen molar-refractivity contribution in [2.45, 2.75) is 151 Å². The van der Waals surface area contributed by atoms with Crippen LogP contribution in [0.1, 0.15) is 145 Å².